The molecular formula is C8H15N5. The van der Waals surface area contributed by atoms with Gasteiger partial charge in [0.15, 0.2) is 0 Å². The Morgan fingerprint density at radius 3 is 3.31 bits per heavy atom. The highest BCUT2D eigenvalue weighted by atomic mass is 15.4. The van der Waals surface area contributed by atoms with Crippen LogP contribution in [0.15, 0.2) is 6.33 Å². The third-order valence-electron chi connectivity index (χ3n) is 2.22. The number of anilines is 1. The Morgan fingerprint density at radius 2 is 2.54 bits per heavy atom. The van der Waals surface area contributed by atoms with Gasteiger partial charge in [0.25, 0.3) is 0 Å². The molecule has 1 aromatic rings. The molecule has 0 amide bonds. The first-order chi connectivity index (χ1) is 6.25. The molecule has 5 nitrogen and oxygen atoms in total. The van der Waals surface area contributed by atoms with E-state index in [1.807, 2.05) is 4.68 Å². The molecule has 1 aromatic heterocycles. The number of hydrogen-bond donors (Lipinski definition) is 1. The molecule has 1 aliphatic rings. The number of fused-ring (bicyclic) bond motifs is 1. The SMILES string of the molecule is CN(C)CC1CNc2ncnn2C1. The maximum absolute atomic E-state index is 4.14. The lowest BCUT2D eigenvalue weighted by atomic mass is 10.1. The number of aromatic nitrogens is 3. The van der Waals surface area contributed by atoms with Crippen molar-refractivity contribution in [3.05, 3.63) is 6.33 Å². The molecule has 5 heteroatoms. The molecule has 0 aliphatic carbocycles. The van der Waals surface area contributed by atoms with Gasteiger partial charge in [0.2, 0.25) is 5.95 Å². The number of nitrogens with one attached hydrogen (secondary N) is 1. The maximum atomic E-state index is 4.14. The predicted molar refractivity (Wildman–Crippen MR) is 50.6 cm³/mol. The van der Waals surface area contributed by atoms with Gasteiger partial charge in [-0.1, -0.05) is 0 Å². The molecule has 0 aromatic carbocycles. The van der Waals surface area contributed by atoms with Crippen LogP contribution in [0, 0.1) is 5.92 Å². The molecule has 72 valence electrons. The van der Waals surface area contributed by atoms with Gasteiger partial charge in [-0.3, -0.25) is 0 Å². The van der Waals surface area contributed by atoms with Crippen LogP contribution in [0.5, 0.6) is 0 Å². The van der Waals surface area contributed by atoms with Gasteiger partial charge in [-0.2, -0.15) is 10.1 Å². The number of hydrogen-bond acceptors (Lipinski definition) is 4. The van der Waals surface area contributed by atoms with Crippen molar-refractivity contribution < 1.29 is 0 Å². The third-order valence-corrected chi connectivity index (χ3v) is 2.22. The van der Waals surface area contributed by atoms with E-state index in [-0.39, 0.29) is 0 Å². The summed E-state index contributed by atoms with van der Waals surface area (Å²) < 4.78 is 1.93. The normalized spacial score (nSPS) is 21.3. The monoisotopic (exact) mass is 181 g/mol. The van der Waals surface area contributed by atoms with E-state index in [0.29, 0.717) is 5.92 Å². The molecule has 1 N–H and O–H groups in total. The Bertz CT molecular complexity index is 280. The molecule has 0 bridgehead atoms. The Morgan fingerprint density at radius 1 is 1.69 bits per heavy atom. The van der Waals surface area contributed by atoms with Gasteiger partial charge in [-0.15, -0.1) is 0 Å². The third kappa shape index (κ3) is 1.80. The van der Waals surface area contributed by atoms with Crippen molar-refractivity contribution in [3.63, 3.8) is 0 Å². The summed E-state index contributed by atoms with van der Waals surface area (Å²) in [4.78, 5) is 6.30. The molecule has 0 fully saturated rings. The van der Waals surface area contributed by atoms with Crippen LogP contribution in [0.25, 0.3) is 0 Å². The molecule has 2 rings (SSSR count). The topological polar surface area (TPSA) is 46.0 Å². The molecule has 0 saturated carbocycles. The minimum Gasteiger partial charge on any atom is -0.354 e. The minimum absolute atomic E-state index is 0.629. The van der Waals surface area contributed by atoms with Crippen molar-refractivity contribution in [2.75, 3.05) is 32.5 Å². The lowest BCUT2D eigenvalue weighted by Gasteiger charge is -2.26. The van der Waals surface area contributed by atoms with Gasteiger partial charge in [-0.05, 0) is 14.1 Å². The highest BCUT2D eigenvalue weighted by molar-refractivity contribution is 5.25. The summed E-state index contributed by atoms with van der Waals surface area (Å²) in [5.41, 5.74) is 0. The van der Waals surface area contributed by atoms with Gasteiger partial charge in [-0.25, -0.2) is 4.68 Å². The largest absolute Gasteiger partial charge is 0.354 e. The Balaban J connectivity index is 2.00. The van der Waals surface area contributed by atoms with E-state index in [0.717, 1.165) is 25.6 Å². The number of nitrogens with zero attached hydrogens (tertiary/aromatic N) is 4. The summed E-state index contributed by atoms with van der Waals surface area (Å²) in [7, 11) is 4.19. The summed E-state index contributed by atoms with van der Waals surface area (Å²) >= 11 is 0. The molecular weight excluding hydrogens is 166 g/mol. The first kappa shape index (κ1) is 8.50. The average molecular weight is 181 g/mol. The van der Waals surface area contributed by atoms with Crippen LogP contribution in [0.1, 0.15) is 0 Å². The Hall–Kier alpha value is -1.10. The second kappa shape index (κ2) is 3.33. The molecule has 0 radical (unpaired) electrons. The van der Waals surface area contributed by atoms with Crippen molar-refractivity contribution in [2.24, 2.45) is 5.92 Å². The average Bonchev–Trinajstić information content (AvgIpc) is 2.49. The van der Waals surface area contributed by atoms with Crippen LogP contribution in [0.2, 0.25) is 0 Å². The van der Waals surface area contributed by atoms with E-state index in [1.165, 1.54) is 0 Å². The van der Waals surface area contributed by atoms with Gasteiger partial charge in [0.05, 0.1) is 6.54 Å². The zero-order chi connectivity index (χ0) is 9.26. The fourth-order valence-electron chi connectivity index (χ4n) is 1.72. The van der Waals surface area contributed by atoms with E-state index < -0.39 is 0 Å². The molecule has 2 heterocycles. The van der Waals surface area contributed by atoms with Crippen molar-refractivity contribution >= 4 is 5.95 Å². The van der Waals surface area contributed by atoms with Crippen LogP contribution < -0.4 is 5.32 Å². The van der Waals surface area contributed by atoms with E-state index in [9.17, 15) is 0 Å². The second-order valence-corrected chi connectivity index (χ2v) is 3.77. The summed E-state index contributed by atoms with van der Waals surface area (Å²) in [5.74, 6) is 1.53. The summed E-state index contributed by atoms with van der Waals surface area (Å²) in [6, 6.07) is 0. The molecule has 1 atom stereocenters. The van der Waals surface area contributed by atoms with Crippen LogP contribution in [-0.4, -0.2) is 46.8 Å². The number of rotatable bonds is 2. The lowest BCUT2D eigenvalue weighted by Crippen LogP contribution is -2.35. The van der Waals surface area contributed by atoms with E-state index in [4.69, 9.17) is 0 Å². The van der Waals surface area contributed by atoms with Crippen LogP contribution in [-0.2, 0) is 6.54 Å². The Labute approximate surface area is 77.8 Å². The zero-order valence-corrected chi connectivity index (χ0v) is 8.06. The first-order valence-corrected chi connectivity index (χ1v) is 4.52. The standard InChI is InChI=1S/C8H15N5/c1-12(2)4-7-3-9-8-10-6-11-13(8)5-7/h6-7H,3-5H2,1-2H3,(H,9,10,11). The minimum atomic E-state index is 0.629. The van der Waals surface area contributed by atoms with Crippen LogP contribution in [0.3, 0.4) is 0 Å². The quantitative estimate of drug-likeness (QED) is 0.691. The fourth-order valence-corrected chi connectivity index (χ4v) is 1.72. The van der Waals surface area contributed by atoms with Crippen LogP contribution in [0.4, 0.5) is 5.95 Å². The highest BCUT2D eigenvalue weighted by Crippen LogP contribution is 2.13. The zero-order valence-electron chi connectivity index (χ0n) is 8.06. The van der Waals surface area contributed by atoms with Crippen LogP contribution >= 0.6 is 0 Å². The van der Waals surface area contributed by atoms with Crippen molar-refractivity contribution in [2.45, 2.75) is 6.54 Å². The van der Waals surface area contributed by atoms with Gasteiger partial charge in [0, 0.05) is 19.0 Å². The Kier molecular flexibility index (Phi) is 2.18. The fraction of sp³-hybridized carbons (Fsp3) is 0.750. The molecule has 13 heavy (non-hydrogen) atoms. The van der Waals surface area contributed by atoms with E-state index in [1.54, 1.807) is 6.33 Å². The van der Waals surface area contributed by atoms with Crippen molar-refractivity contribution in [1.29, 1.82) is 0 Å². The predicted octanol–water partition coefficient (Wildman–Crippen LogP) is -0.119. The smallest absolute Gasteiger partial charge is 0.221 e. The van der Waals surface area contributed by atoms with E-state index in [2.05, 4.69) is 34.4 Å². The van der Waals surface area contributed by atoms with Gasteiger partial charge < -0.3 is 10.2 Å². The van der Waals surface area contributed by atoms with Gasteiger partial charge >= 0.3 is 0 Å². The molecule has 1 aliphatic heterocycles. The van der Waals surface area contributed by atoms with E-state index >= 15 is 0 Å². The summed E-state index contributed by atoms with van der Waals surface area (Å²) in [6.45, 7) is 3.06. The first-order valence-electron chi connectivity index (χ1n) is 4.52. The molecule has 0 spiro atoms. The maximum Gasteiger partial charge on any atom is 0.221 e. The summed E-state index contributed by atoms with van der Waals surface area (Å²) in [5, 5.41) is 7.40. The molecule has 1 unspecified atom stereocenters. The van der Waals surface area contributed by atoms with Crippen molar-refractivity contribution in [1.82, 2.24) is 19.7 Å². The van der Waals surface area contributed by atoms with Crippen molar-refractivity contribution in [3.8, 4) is 0 Å². The summed E-state index contributed by atoms with van der Waals surface area (Å²) in [6.07, 6.45) is 1.60. The van der Waals surface area contributed by atoms with Gasteiger partial charge in [0.1, 0.15) is 6.33 Å². The lowest BCUT2D eigenvalue weighted by molar-refractivity contribution is 0.292. The highest BCUT2D eigenvalue weighted by Gasteiger charge is 2.19. The second-order valence-electron chi connectivity index (χ2n) is 3.77. The molecule has 0 saturated heterocycles.